The van der Waals surface area contributed by atoms with Crippen molar-refractivity contribution in [3.63, 3.8) is 0 Å². The van der Waals surface area contributed by atoms with Crippen molar-refractivity contribution >= 4 is 29.4 Å². The van der Waals surface area contributed by atoms with Gasteiger partial charge in [-0.1, -0.05) is 6.07 Å². The van der Waals surface area contributed by atoms with Crippen LogP contribution in [0, 0.1) is 5.92 Å². The number of pyridine rings is 1. The fourth-order valence-electron chi connectivity index (χ4n) is 4.84. The quantitative estimate of drug-likeness (QED) is 0.601. The Balaban J connectivity index is 1.41. The minimum absolute atomic E-state index is 0.0215. The molecule has 3 atom stereocenters. The lowest BCUT2D eigenvalue weighted by Crippen LogP contribution is -2.55. The summed E-state index contributed by atoms with van der Waals surface area (Å²) in [6, 6.07) is 11.7. The van der Waals surface area contributed by atoms with Gasteiger partial charge in [0.1, 0.15) is 11.8 Å². The second-order valence-corrected chi connectivity index (χ2v) is 9.82. The van der Waals surface area contributed by atoms with Gasteiger partial charge in [0.25, 0.3) is 5.56 Å². The molecule has 2 aromatic rings. The summed E-state index contributed by atoms with van der Waals surface area (Å²) in [6.07, 6.45) is 3.49. The second-order valence-electron chi connectivity index (χ2n) is 8.83. The molecule has 0 aliphatic carbocycles. The van der Waals surface area contributed by atoms with Crippen molar-refractivity contribution in [2.24, 2.45) is 5.92 Å². The molecule has 2 bridgehead atoms. The van der Waals surface area contributed by atoms with Crippen molar-refractivity contribution in [1.29, 1.82) is 0 Å². The van der Waals surface area contributed by atoms with Gasteiger partial charge in [-0.3, -0.25) is 9.59 Å². The highest BCUT2D eigenvalue weighted by Crippen LogP contribution is 2.34. The van der Waals surface area contributed by atoms with E-state index in [0.29, 0.717) is 38.3 Å². The van der Waals surface area contributed by atoms with Crippen LogP contribution in [0.5, 0.6) is 5.75 Å². The van der Waals surface area contributed by atoms with Crippen molar-refractivity contribution in [1.82, 2.24) is 14.8 Å². The molecule has 0 radical (unpaired) electrons. The topological polar surface area (TPSA) is 92.7 Å². The third kappa shape index (κ3) is 5.58. The van der Waals surface area contributed by atoms with Gasteiger partial charge in [0.2, 0.25) is 5.91 Å². The standard InChI is InChI=1S/C25H32N4O4S/c1-3-33-20-9-7-19(8-10-20)26-24(31)21(11-12-34-2)27-25(32)28-14-17-13-18(16-28)22-5-4-6-23(30)29(22)15-17/h4-10,17-18,21H,3,11-16H2,1-2H3,(H,26,31)(H,27,32)/t17-,18-,21-/m0/s1. The smallest absolute Gasteiger partial charge is 0.318 e. The zero-order valence-electron chi connectivity index (χ0n) is 19.7. The van der Waals surface area contributed by atoms with Gasteiger partial charge in [-0.15, -0.1) is 0 Å². The Labute approximate surface area is 204 Å². The number of thioether (sulfide) groups is 1. The first-order valence-electron chi connectivity index (χ1n) is 11.8. The molecule has 2 N–H and O–H groups in total. The molecule has 1 aromatic carbocycles. The molecular formula is C25H32N4O4S. The molecule has 0 unspecified atom stereocenters. The molecule has 2 aliphatic rings. The summed E-state index contributed by atoms with van der Waals surface area (Å²) in [6.45, 7) is 4.25. The third-order valence-corrected chi connectivity index (χ3v) is 7.07. The Morgan fingerprint density at radius 2 is 1.94 bits per heavy atom. The Kier molecular flexibility index (Phi) is 7.82. The Hall–Kier alpha value is -2.94. The lowest BCUT2D eigenvalue weighted by molar-refractivity contribution is -0.118. The number of hydrogen-bond acceptors (Lipinski definition) is 5. The van der Waals surface area contributed by atoms with Gasteiger partial charge >= 0.3 is 6.03 Å². The van der Waals surface area contributed by atoms with Crippen LogP contribution in [0.4, 0.5) is 10.5 Å². The normalized spacial score (nSPS) is 19.6. The van der Waals surface area contributed by atoms with Gasteiger partial charge in [-0.05, 0) is 68.0 Å². The zero-order valence-corrected chi connectivity index (χ0v) is 20.5. The average Bonchev–Trinajstić information content (AvgIpc) is 2.83. The molecule has 3 amide bonds. The van der Waals surface area contributed by atoms with E-state index in [4.69, 9.17) is 4.74 Å². The minimum Gasteiger partial charge on any atom is -0.494 e. The third-order valence-electron chi connectivity index (χ3n) is 6.42. The van der Waals surface area contributed by atoms with Crippen molar-refractivity contribution in [2.75, 3.05) is 37.0 Å². The lowest BCUT2D eigenvalue weighted by atomic mass is 9.83. The number of hydrogen-bond donors (Lipinski definition) is 2. The number of urea groups is 1. The molecule has 0 spiro atoms. The first-order valence-corrected chi connectivity index (χ1v) is 13.2. The van der Waals surface area contributed by atoms with Crippen molar-refractivity contribution in [3.8, 4) is 5.75 Å². The summed E-state index contributed by atoms with van der Waals surface area (Å²) >= 11 is 1.64. The Morgan fingerprint density at radius 3 is 2.68 bits per heavy atom. The van der Waals surface area contributed by atoms with Gasteiger partial charge < -0.3 is 24.8 Å². The van der Waals surface area contributed by atoms with Crippen LogP contribution in [0.1, 0.15) is 31.4 Å². The van der Waals surface area contributed by atoms with E-state index >= 15 is 0 Å². The van der Waals surface area contributed by atoms with E-state index in [9.17, 15) is 14.4 Å². The van der Waals surface area contributed by atoms with Crippen LogP contribution in [-0.4, -0.2) is 59.2 Å². The molecule has 3 heterocycles. The van der Waals surface area contributed by atoms with Crippen molar-refractivity contribution in [3.05, 3.63) is 58.5 Å². The molecule has 9 heteroatoms. The van der Waals surface area contributed by atoms with Crippen LogP contribution >= 0.6 is 11.8 Å². The Bertz CT molecular complexity index is 1070. The average molecular weight is 485 g/mol. The van der Waals surface area contributed by atoms with Gasteiger partial charge in [-0.2, -0.15) is 11.8 Å². The number of carbonyl (C=O) groups is 2. The van der Waals surface area contributed by atoms with Crippen LogP contribution in [0.2, 0.25) is 0 Å². The molecule has 1 aromatic heterocycles. The SMILES string of the molecule is CCOc1ccc(NC(=O)[C@H](CCSC)NC(=O)N2C[C@@H]3C[C@@H](C2)c2cccc(=O)n2C3)cc1. The number of likely N-dealkylation sites (tertiary alicyclic amines) is 1. The van der Waals surface area contributed by atoms with E-state index in [1.807, 2.05) is 35.9 Å². The van der Waals surface area contributed by atoms with E-state index < -0.39 is 6.04 Å². The van der Waals surface area contributed by atoms with Gasteiger partial charge in [0, 0.05) is 43.0 Å². The summed E-state index contributed by atoms with van der Waals surface area (Å²) in [4.78, 5) is 40.3. The number of rotatable bonds is 8. The number of benzene rings is 1. The predicted octanol–water partition coefficient (Wildman–Crippen LogP) is 3.14. The monoisotopic (exact) mass is 484 g/mol. The van der Waals surface area contributed by atoms with Gasteiger partial charge in [0.15, 0.2) is 0 Å². The molecular weight excluding hydrogens is 452 g/mol. The summed E-state index contributed by atoms with van der Waals surface area (Å²) < 4.78 is 7.30. The molecule has 182 valence electrons. The number of nitrogens with one attached hydrogen (secondary N) is 2. The Morgan fingerprint density at radius 1 is 1.15 bits per heavy atom. The fraction of sp³-hybridized carbons (Fsp3) is 0.480. The number of nitrogens with zero attached hydrogens (tertiary/aromatic N) is 2. The van der Waals surface area contributed by atoms with E-state index in [1.54, 1.807) is 40.9 Å². The maximum absolute atomic E-state index is 13.2. The van der Waals surface area contributed by atoms with Crippen molar-refractivity contribution < 1.29 is 14.3 Å². The molecule has 4 rings (SSSR count). The highest BCUT2D eigenvalue weighted by atomic mass is 32.2. The van der Waals surface area contributed by atoms with Crippen LogP contribution in [-0.2, 0) is 11.3 Å². The van der Waals surface area contributed by atoms with E-state index in [2.05, 4.69) is 10.6 Å². The first-order chi connectivity index (χ1) is 16.5. The lowest BCUT2D eigenvalue weighted by Gasteiger charge is -2.43. The molecule has 34 heavy (non-hydrogen) atoms. The maximum atomic E-state index is 13.2. The van der Waals surface area contributed by atoms with E-state index in [-0.39, 0.29) is 29.3 Å². The molecule has 8 nitrogen and oxygen atoms in total. The van der Waals surface area contributed by atoms with E-state index in [1.165, 1.54) is 0 Å². The number of anilines is 1. The van der Waals surface area contributed by atoms with Gasteiger partial charge in [0.05, 0.1) is 6.61 Å². The first kappa shape index (κ1) is 24.2. The molecule has 0 saturated carbocycles. The van der Waals surface area contributed by atoms with Crippen LogP contribution in [0.3, 0.4) is 0 Å². The number of piperidine rings is 1. The highest BCUT2D eigenvalue weighted by molar-refractivity contribution is 7.98. The number of fused-ring (bicyclic) bond motifs is 4. The largest absolute Gasteiger partial charge is 0.494 e. The zero-order chi connectivity index (χ0) is 24.1. The number of aromatic nitrogens is 1. The predicted molar refractivity (Wildman–Crippen MR) is 135 cm³/mol. The molecule has 2 aliphatic heterocycles. The number of ether oxygens (including phenoxy) is 1. The van der Waals surface area contributed by atoms with Gasteiger partial charge in [-0.25, -0.2) is 4.79 Å². The summed E-state index contributed by atoms with van der Waals surface area (Å²) in [7, 11) is 0. The molecule has 1 saturated heterocycles. The summed E-state index contributed by atoms with van der Waals surface area (Å²) in [5.74, 6) is 1.63. The van der Waals surface area contributed by atoms with E-state index in [0.717, 1.165) is 23.6 Å². The maximum Gasteiger partial charge on any atom is 0.318 e. The summed E-state index contributed by atoms with van der Waals surface area (Å²) in [5, 5.41) is 5.88. The fourth-order valence-corrected chi connectivity index (χ4v) is 5.31. The minimum atomic E-state index is -0.636. The van der Waals surface area contributed by atoms with Crippen LogP contribution < -0.4 is 20.9 Å². The molecule has 1 fully saturated rings. The van der Waals surface area contributed by atoms with Crippen LogP contribution in [0.25, 0.3) is 0 Å². The second kappa shape index (κ2) is 11.0. The number of carbonyl (C=O) groups excluding carboxylic acids is 2. The summed E-state index contributed by atoms with van der Waals surface area (Å²) in [5.41, 5.74) is 1.67. The highest BCUT2D eigenvalue weighted by Gasteiger charge is 2.37. The van der Waals surface area contributed by atoms with Crippen LogP contribution in [0.15, 0.2) is 47.3 Å². The number of amides is 3. The van der Waals surface area contributed by atoms with Crippen molar-refractivity contribution in [2.45, 2.75) is 38.3 Å².